The third-order valence-corrected chi connectivity index (χ3v) is 3.85. The van der Waals surface area contributed by atoms with Crippen LogP contribution in [0, 0.1) is 5.92 Å². The zero-order valence-electron chi connectivity index (χ0n) is 12.1. The van der Waals surface area contributed by atoms with Crippen LogP contribution in [0.15, 0.2) is 30.3 Å². The van der Waals surface area contributed by atoms with Gasteiger partial charge in [-0.2, -0.15) is 0 Å². The highest BCUT2D eigenvalue weighted by Crippen LogP contribution is 2.29. The maximum Gasteiger partial charge on any atom is 0.230 e. The first kappa shape index (κ1) is 16.0. The molecule has 0 saturated heterocycles. The maximum atomic E-state index is 12.7. The van der Waals surface area contributed by atoms with E-state index in [4.69, 9.17) is 11.6 Å². The van der Waals surface area contributed by atoms with Crippen molar-refractivity contribution in [3.63, 3.8) is 0 Å². The summed E-state index contributed by atoms with van der Waals surface area (Å²) in [5, 5.41) is 0. The molecule has 0 bridgehead atoms. The lowest BCUT2D eigenvalue weighted by Crippen LogP contribution is -2.38. The fourth-order valence-electron chi connectivity index (χ4n) is 2.33. The largest absolute Gasteiger partial charge is 0.341 e. The monoisotopic (exact) mass is 281 g/mol. The Morgan fingerprint density at radius 2 is 1.89 bits per heavy atom. The first-order valence-electron chi connectivity index (χ1n) is 7.05. The van der Waals surface area contributed by atoms with Crippen LogP contribution in [0.4, 0.5) is 0 Å². The summed E-state index contributed by atoms with van der Waals surface area (Å²) in [6.07, 6.45) is 0.990. The van der Waals surface area contributed by atoms with E-state index in [1.807, 2.05) is 42.2 Å². The van der Waals surface area contributed by atoms with E-state index < -0.39 is 0 Å². The molecule has 1 amide bonds. The molecular weight excluding hydrogens is 258 g/mol. The Kier molecular flexibility index (Phi) is 6.93. The number of nitrogens with zero attached hydrogens (tertiary/aromatic N) is 1. The Balaban J connectivity index is 3.00. The molecule has 0 radical (unpaired) electrons. The van der Waals surface area contributed by atoms with E-state index in [0.29, 0.717) is 24.9 Å². The third-order valence-electron chi connectivity index (χ3n) is 3.69. The lowest BCUT2D eigenvalue weighted by atomic mass is 9.84. The summed E-state index contributed by atoms with van der Waals surface area (Å²) in [4.78, 5) is 14.6. The van der Waals surface area contributed by atoms with Crippen molar-refractivity contribution in [2.24, 2.45) is 5.92 Å². The molecule has 0 heterocycles. The van der Waals surface area contributed by atoms with E-state index in [0.717, 1.165) is 12.0 Å². The molecule has 0 aromatic heterocycles. The van der Waals surface area contributed by atoms with E-state index >= 15 is 0 Å². The lowest BCUT2D eigenvalue weighted by Gasteiger charge is -2.29. The average Bonchev–Trinajstić information content (AvgIpc) is 2.45. The Morgan fingerprint density at radius 1 is 1.26 bits per heavy atom. The van der Waals surface area contributed by atoms with Crippen LogP contribution in [0.2, 0.25) is 0 Å². The number of rotatable bonds is 7. The van der Waals surface area contributed by atoms with Gasteiger partial charge < -0.3 is 4.90 Å². The zero-order chi connectivity index (χ0) is 14.3. The average molecular weight is 282 g/mol. The molecule has 0 spiro atoms. The summed E-state index contributed by atoms with van der Waals surface area (Å²) in [7, 11) is 0. The molecule has 0 N–H and O–H groups in total. The van der Waals surface area contributed by atoms with Gasteiger partial charge in [0.15, 0.2) is 0 Å². The number of amides is 1. The molecule has 1 aromatic carbocycles. The van der Waals surface area contributed by atoms with Gasteiger partial charge in [-0.25, -0.2) is 0 Å². The molecule has 2 unspecified atom stereocenters. The highest BCUT2D eigenvalue weighted by molar-refractivity contribution is 6.18. The highest BCUT2D eigenvalue weighted by atomic mass is 35.5. The highest BCUT2D eigenvalue weighted by Gasteiger charge is 2.28. The van der Waals surface area contributed by atoms with Gasteiger partial charge in [-0.1, -0.05) is 50.6 Å². The Bertz CT molecular complexity index is 380. The summed E-state index contributed by atoms with van der Waals surface area (Å²) in [5.41, 5.74) is 1.11. The minimum absolute atomic E-state index is 0.0608. The molecule has 0 aliphatic carbocycles. The van der Waals surface area contributed by atoms with E-state index in [1.54, 1.807) is 0 Å². The molecule has 19 heavy (non-hydrogen) atoms. The van der Waals surface area contributed by atoms with Gasteiger partial charge in [-0.3, -0.25) is 4.79 Å². The van der Waals surface area contributed by atoms with Crippen molar-refractivity contribution < 1.29 is 4.79 Å². The number of likely N-dealkylation sites (N-methyl/N-ethyl adjacent to an activating group) is 1. The Morgan fingerprint density at radius 3 is 2.37 bits per heavy atom. The molecule has 2 atom stereocenters. The first-order chi connectivity index (χ1) is 9.15. The molecule has 106 valence electrons. The number of alkyl halides is 1. The van der Waals surface area contributed by atoms with Crippen LogP contribution >= 0.6 is 11.6 Å². The van der Waals surface area contributed by atoms with E-state index in [2.05, 4.69) is 13.8 Å². The number of carbonyl (C=O) groups is 1. The fourth-order valence-corrected chi connectivity index (χ4v) is 2.54. The van der Waals surface area contributed by atoms with Crippen LogP contribution < -0.4 is 0 Å². The number of hydrogen-bond donors (Lipinski definition) is 0. The smallest absolute Gasteiger partial charge is 0.230 e. The minimum Gasteiger partial charge on any atom is -0.341 e. The molecule has 0 saturated carbocycles. The van der Waals surface area contributed by atoms with E-state index in [9.17, 15) is 4.79 Å². The normalized spacial score (nSPS) is 13.9. The van der Waals surface area contributed by atoms with Gasteiger partial charge >= 0.3 is 0 Å². The minimum atomic E-state index is -0.0608. The van der Waals surface area contributed by atoms with Crippen molar-refractivity contribution in [2.75, 3.05) is 19.0 Å². The van der Waals surface area contributed by atoms with Crippen molar-refractivity contribution in [3.8, 4) is 0 Å². The van der Waals surface area contributed by atoms with Crippen molar-refractivity contribution >= 4 is 17.5 Å². The van der Waals surface area contributed by atoms with Gasteiger partial charge in [0.25, 0.3) is 0 Å². The summed E-state index contributed by atoms with van der Waals surface area (Å²) in [6.45, 7) is 7.61. The van der Waals surface area contributed by atoms with Crippen molar-refractivity contribution in [3.05, 3.63) is 35.9 Å². The standard InChI is InChI=1S/C16H24ClNO/c1-4-13(3)15(14-9-7-6-8-10-14)16(19)18(5-2)12-11-17/h6-10,13,15H,4-5,11-12H2,1-3H3. The van der Waals surface area contributed by atoms with E-state index in [1.165, 1.54) is 0 Å². The number of carbonyl (C=O) groups excluding carboxylic acids is 1. The second-order valence-electron chi connectivity index (χ2n) is 4.88. The molecule has 3 heteroatoms. The summed E-state index contributed by atoms with van der Waals surface area (Å²) < 4.78 is 0. The van der Waals surface area contributed by atoms with Crippen LogP contribution in [0.25, 0.3) is 0 Å². The quantitative estimate of drug-likeness (QED) is 0.694. The number of benzene rings is 1. The van der Waals surface area contributed by atoms with E-state index in [-0.39, 0.29) is 11.8 Å². The van der Waals surface area contributed by atoms with Crippen LogP contribution in [-0.2, 0) is 4.79 Å². The molecule has 1 aromatic rings. The maximum absolute atomic E-state index is 12.7. The van der Waals surface area contributed by atoms with Gasteiger partial charge in [-0.05, 0) is 18.4 Å². The SMILES string of the molecule is CCC(C)C(C(=O)N(CC)CCCl)c1ccccc1. The molecule has 0 fully saturated rings. The third kappa shape index (κ3) is 4.24. The van der Waals surface area contributed by atoms with Gasteiger partial charge in [-0.15, -0.1) is 11.6 Å². The molecular formula is C16H24ClNO. The second-order valence-corrected chi connectivity index (χ2v) is 5.26. The zero-order valence-corrected chi connectivity index (χ0v) is 12.9. The summed E-state index contributed by atoms with van der Waals surface area (Å²) in [6, 6.07) is 10.1. The number of hydrogen-bond acceptors (Lipinski definition) is 1. The van der Waals surface area contributed by atoms with Gasteiger partial charge in [0.05, 0.1) is 5.92 Å². The lowest BCUT2D eigenvalue weighted by molar-refractivity contribution is -0.133. The van der Waals surface area contributed by atoms with Crippen LogP contribution in [-0.4, -0.2) is 29.8 Å². The van der Waals surface area contributed by atoms with Crippen molar-refractivity contribution in [1.82, 2.24) is 4.90 Å². The predicted molar refractivity (Wildman–Crippen MR) is 81.6 cm³/mol. The summed E-state index contributed by atoms with van der Waals surface area (Å²) >= 11 is 5.79. The molecule has 2 nitrogen and oxygen atoms in total. The van der Waals surface area contributed by atoms with Gasteiger partial charge in [0.1, 0.15) is 0 Å². The molecule has 0 aliphatic heterocycles. The van der Waals surface area contributed by atoms with Gasteiger partial charge in [0, 0.05) is 19.0 Å². The predicted octanol–water partition coefficient (Wildman–Crippen LogP) is 3.90. The fraction of sp³-hybridized carbons (Fsp3) is 0.562. The van der Waals surface area contributed by atoms with Crippen molar-refractivity contribution in [2.45, 2.75) is 33.1 Å². The molecule has 1 rings (SSSR count). The Hall–Kier alpha value is -1.02. The first-order valence-corrected chi connectivity index (χ1v) is 7.58. The summed E-state index contributed by atoms with van der Waals surface area (Å²) in [5.74, 6) is 0.957. The van der Waals surface area contributed by atoms with Crippen LogP contribution in [0.1, 0.15) is 38.7 Å². The van der Waals surface area contributed by atoms with Gasteiger partial charge in [0.2, 0.25) is 5.91 Å². The topological polar surface area (TPSA) is 20.3 Å². The van der Waals surface area contributed by atoms with Crippen LogP contribution in [0.5, 0.6) is 0 Å². The molecule has 0 aliphatic rings. The second kappa shape index (κ2) is 8.21. The van der Waals surface area contributed by atoms with Crippen LogP contribution in [0.3, 0.4) is 0 Å². The van der Waals surface area contributed by atoms with Crippen molar-refractivity contribution in [1.29, 1.82) is 0 Å². The number of halogens is 1. The Labute approximate surface area is 121 Å².